The van der Waals surface area contributed by atoms with E-state index >= 15 is 0 Å². The average Bonchev–Trinajstić information content (AvgIpc) is 3.06. The van der Waals surface area contributed by atoms with Gasteiger partial charge in [0, 0.05) is 29.3 Å². The fourth-order valence-electron chi connectivity index (χ4n) is 6.45. The molecule has 13 heteroatoms. The van der Waals surface area contributed by atoms with Crippen LogP contribution in [-0.4, -0.2) is 67.1 Å². The molecule has 1 saturated carbocycles. The van der Waals surface area contributed by atoms with Crippen LogP contribution < -0.4 is 24.4 Å². The number of sulfonamides is 1. The molecule has 1 amide bonds. The summed E-state index contributed by atoms with van der Waals surface area (Å²) in [5, 5.41) is 6.46. The Bertz CT molecular complexity index is 1970. The molecular weight excluding hydrogens is 644 g/mol. The van der Waals surface area contributed by atoms with Crippen LogP contribution in [0.5, 0.6) is 11.5 Å². The lowest BCUT2D eigenvalue weighted by molar-refractivity contribution is 0.0492. The van der Waals surface area contributed by atoms with Gasteiger partial charge >= 0.3 is 6.09 Å². The van der Waals surface area contributed by atoms with Crippen LogP contribution in [0, 0.1) is 6.92 Å². The van der Waals surface area contributed by atoms with Crippen LogP contribution in [0.2, 0.25) is 0 Å². The van der Waals surface area contributed by atoms with E-state index in [-0.39, 0.29) is 30.5 Å². The summed E-state index contributed by atoms with van der Waals surface area (Å²) in [5.41, 5.74) is 5.88. The minimum atomic E-state index is -3.53. The van der Waals surface area contributed by atoms with Crippen molar-refractivity contribution in [1.29, 1.82) is 0 Å². The maximum atomic E-state index is 13.3. The van der Waals surface area contributed by atoms with Crippen molar-refractivity contribution in [2.45, 2.75) is 84.0 Å². The minimum absolute atomic E-state index is 0.0115. The molecule has 6 rings (SSSR count). The molecular formula is C36H44N6O6S. The minimum Gasteiger partial charge on any atom is -0.497 e. The number of carbonyl (C=O) groups is 1. The summed E-state index contributed by atoms with van der Waals surface area (Å²) in [6.07, 6.45) is 5.21. The first-order chi connectivity index (χ1) is 23.3. The Kier molecular flexibility index (Phi) is 9.56. The predicted octanol–water partition coefficient (Wildman–Crippen LogP) is 6.16. The normalized spacial score (nSPS) is 18.8. The average molecular weight is 689 g/mol. The van der Waals surface area contributed by atoms with Crippen LogP contribution in [0.4, 0.5) is 16.4 Å². The number of aromatic nitrogens is 3. The van der Waals surface area contributed by atoms with Crippen LogP contribution in [-0.2, 0) is 27.7 Å². The monoisotopic (exact) mass is 688 g/mol. The molecule has 0 bridgehead atoms. The number of nitrogens with one attached hydrogen (secondary N) is 2. The predicted molar refractivity (Wildman–Crippen MR) is 190 cm³/mol. The van der Waals surface area contributed by atoms with Gasteiger partial charge in [-0.1, -0.05) is 6.07 Å². The molecule has 260 valence electrons. The number of amides is 1. The van der Waals surface area contributed by atoms with Gasteiger partial charge in [-0.25, -0.2) is 28.2 Å². The Labute approximate surface area is 287 Å². The van der Waals surface area contributed by atoms with E-state index in [2.05, 4.69) is 15.6 Å². The summed E-state index contributed by atoms with van der Waals surface area (Å²) in [4.78, 5) is 26.4. The van der Waals surface area contributed by atoms with Gasteiger partial charge in [-0.15, -0.1) is 0 Å². The number of anilines is 2. The summed E-state index contributed by atoms with van der Waals surface area (Å²) in [5.74, 6) is 1.76. The lowest BCUT2D eigenvalue weighted by Crippen LogP contribution is -2.42. The molecule has 49 heavy (non-hydrogen) atoms. The summed E-state index contributed by atoms with van der Waals surface area (Å²) in [7, 11) is -0.393. The number of aryl methyl sites for hydroxylation is 2. The Morgan fingerprint density at radius 2 is 1.73 bits per heavy atom. The van der Waals surface area contributed by atoms with Crippen molar-refractivity contribution in [1.82, 2.24) is 20.3 Å². The lowest BCUT2D eigenvalue weighted by atomic mass is 9.91. The van der Waals surface area contributed by atoms with E-state index in [1.165, 1.54) is 4.31 Å². The molecule has 0 saturated heterocycles. The number of fused-ring (bicyclic) bond motifs is 2. The van der Waals surface area contributed by atoms with Gasteiger partial charge in [0.05, 0.1) is 49.6 Å². The standard InChI is InChI=1S/C36H44N6O6S/c1-22-17-29(40-30-20-37-34(41-33(22)30)38-26-9-11-27(12-10-26)39-35(43)48-36(2,3)4)23-8-14-31-24(18-23)15-16-49(44,45)42(31)21-25-7-13-28(46-5)19-32(25)47-6/h7-8,13-14,17-20,26-27H,9-12,15-16,21H2,1-6H3,(H,39,43)(H,37,38,41)/t26-,27-. The molecule has 2 aliphatic rings. The maximum Gasteiger partial charge on any atom is 0.407 e. The van der Waals surface area contributed by atoms with Crippen LogP contribution in [0.15, 0.2) is 48.7 Å². The molecule has 0 spiro atoms. The van der Waals surface area contributed by atoms with Gasteiger partial charge in [0.25, 0.3) is 0 Å². The van der Waals surface area contributed by atoms with Crippen molar-refractivity contribution in [2.24, 2.45) is 0 Å². The van der Waals surface area contributed by atoms with Gasteiger partial charge in [0.15, 0.2) is 0 Å². The van der Waals surface area contributed by atoms with Gasteiger partial charge < -0.3 is 24.8 Å². The smallest absolute Gasteiger partial charge is 0.407 e. The topological polar surface area (TPSA) is 145 Å². The summed E-state index contributed by atoms with van der Waals surface area (Å²) < 4.78 is 44.3. The molecule has 1 aliphatic heterocycles. The van der Waals surface area contributed by atoms with Gasteiger partial charge in [-0.05, 0) is 101 Å². The molecule has 4 aromatic rings. The molecule has 0 unspecified atom stereocenters. The van der Waals surface area contributed by atoms with E-state index in [0.717, 1.165) is 59.1 Å². The van der Waals surface area contributed by atoms with E-state index < -0.39 is 15.6 Å². The van der Waals surface area contributed by atoms with E-state index in [1.807, 2.05) is 58.0 Å². The van der Waals surface area contributed by atoms with E-state index in [9.17, 15) is 13.2 Å². The second-order valence-corrected chi connectivity index (χ2v) is 15.7. The van der Waals surface area contributed by atoms with Crippen molar-refractivity contribution in [3.63, 3.8) is 0 Å². The van der Waals surface area contributed by atoms with Gasteiger partial charge in [0.1, 0.15) is 22.6 Å². The second kappa shape index (κ2) is 13.7. The third-order valence-corrected chi connectivity index (χ3v) is 10.7. The third-order valence-electron chi connectivity index (χ3n) is 8.94. The van der Waals surface area contributed by atoms with Crippen molar-refractivity contribution in [2.75, 3.05) is 29.6 Å². The molecule has 1 fully saturated rings. The quantitative estimate of drug-likeness (QED) is 0.221. The highest BCUT2D eigenvalue weighted by atomic mass is 32.2. The first-order valence-corrected chi connectivity index (χ1v) is 18.2. The van der Waals surface area contributed by atoms with Crippen molar-refractivity contribution in [3.05, 3.63) is 65.4 Å². The van der Waals surface area contributed by atoms with Crippen molar-refractivity contribution in [3.8, 4) is 22.8 Å². The van der Waals surface area contributed by atoms with Crippen LogP contribution >= 0.6 is 0 Å². The first kappa shape index (κ1) is 34.2. The van der Waals surface area contributed by atoms with Gasteiger partial charge in [-0.3, -0.25) is 4.31 Å². The van der Waals surface area contributed by atoms with Crippen LogP contribution in [0.3, 0.4) is 0 Å². The van der Waals surface area contributed by atoms with E-state index in [4.69, 9.17) is 24.2 Å². The summed E-state index contributed by atoms with van der Waals surface area (Å²) >= 11 is 0. The largest absolute Gasteiger partial charge is 0.497 e. The highest BCUT2D eigenvalue weighted by Gasteiger charge is 2.31. The zero-order chi connectivity index (χ0) is 34.9. The number of alkyl carbamates (subject to hydrolysis) is 1. The molecule has 1 aliphatic carbocycles. The molecule has 2 aromatic carbocycles. The Hall–Kier alpha value is -4.65. The second-order valence-electron chi connectivity index (χ2n) is 13.7. The molecule has 12 nitrogen and oxygen atoms in total. The van der Waals surface area contributed by atoms with Crippen LogP contribution in [0.1, 0.15) is 63.1 Å². The highest BCUT2D eigenvalue weighted by molar-refractivity contribution is 7.92. The highest BCUT2D eigenvalue weighted by Crippen LogP contribution is 2.36. The van der Waals surface area contributed by atoms with E-state index in [1.54, 1.807) is 32.5 Å². The number of ether oxygens (including phenoxy) is 3. The van der Waals surface area contributed by atoms with Gasteiger partial charge in [0.2, 0.25) is 16.0 Å². The molecule has 3 heterocycles. The Morgan fingerprint density at radius 1 is 0.980 bits per heavy atom. The number of pyridine rings is 1. The molecule has 2 aromatic heterocycles. The number of methoxy groups -OCH3 is 2. The molecule has 0 radical (unpaired) electrons. The number of carbonyl (C=O) groups excluding carboxylic acids is 1. The number of benzene rings is 2. The van der Waals surface area contributed by atoms with Crippen molar-refractivity contribution >= 4 is 38.8 Å². The number of nitrogens with zero attached hydrogens (tertiary/aromatic N) is 4. The van der Waals surface area contributed by atoms with Crippen molar-refractivity contribution < 1.29 is 27.4 Å². The Balaban J connectivity index is 1.16. The summed E-state index contributed by atoms with van der Waals surface area (Å²) in [6, 6.07) is 13.5. The number of hydrogen-bond acceptors (Lipinski definition) is 10. The Morgan fingerprint density at radius 3 is 2.45 bits per heavy atom. The van der Waals surface area contributed by atoms with Crippen LogP contribution in [0.25, 0.3) is 22.3 Å². The third kappa shape index (κ3) is 7.82. The maximum absolute atomic E-state index is 13.3. The number of hydrogen-bond donors (Lipinski definition) is 2. The molecule has 0 atom stereocenters. The zero-order valence-corrected chi connectivity index (χ0v) is 29.7. The summed E-state index contributed by atoms with van der Waals surface area (Å²) in [6.45, 7) is 7.73. The SMILES string of the molecule is COc1ccc(CN2c3ccc(-c4cc(C)c5nc(N[C@H]6CC[C@H](NC(=O)OC(C)(C)C)CC6)ncc5n4)cc3CCS2(=O)=O)c(OC)c1. The fourth-order valence-corrected chi connectivity index (χ4v) is 7.96. The number of rotatable bonds is 8. The first-order valence-electron chi connectivity index (χ1n) is 16.6. The fraction of sp³-hybridized carbons (Fsp3) is 0.444. The zero-order valence-electron chi connectivity index (χ0n) is 28.9. The lowest BCUT2D eigenvalue weighted by Gasteiger charge is -2.31. The van der Waals surface area contributed by atoms with Gasteiger partial charge in [-0.2, -0.15) is 0 Å². The molecule has 2 N–H and O–H groups in total. The van der Waals surface area contributed by atoms with E-state index in [0.29, 0.717) is 35.1 Å².